The second kappa shape index (κ2) is 6.68. The third-order valence-electron chi connectivity index (χ3n) is 6.03. The van der Waals surface area contributed by atoms with Crippen LogP contribution in [0.5, 0.6) is 0 Å². The third kappa shape index (κ3) is 3.16. The maximum absolute atomic E-state index is 12.6. The second-order valence-electron chi connectivity index (χ2n) is 7.87. The predicted octanol–water partition coefficient (Wildman–Crippen LogP) is 1.47. The fourth-order valence-corrected chi connectivity index (χ4v) is 4.50. The Hall–Kier alpha value is -3.23. The molecule has 29 heavy (non-hydrogen) atoms. The standard InChI is InChI=1S/C20H22N6O3/c1-11-17(29-12(2)24-11)19(28)26-9-15-14(16(15)10-26)3-4-21-18(27)13-7-23-20-22-5-6-25(20)8-13/h5-8,14-16H,3-4,9-10H2,1-2H3,(H,21,27). The highest BCUT2D eigenvalue weighted by molar-refractivity contribution is 5.94. The van der Waals surface area contributed by atoms with Gasteiger partial charge in [0.25, 0.3) is 11.8 Å². The van der Waals surface area contributed by atoms with Gasteiger partial charge in [0, 0.05) is 51.3 Å². The highest BCUT2D eigenvalue weighted by Gasteiger charge is 2.56. The van der Waals surface area contributed by atoms with Gasteiger partial charge >= 0.3 is 0 Å². The molecule has 1 aliphatic heterocycles. The largest absolute Gasteiger partial charge is 0.436 e. The van der Waals surface area contributed by atoms with Crippen LogP contribution in [0.2, 0.25) is 0 Å². The van der Waals surface area contributed by atoms with Gasteiger partial charge in [0.05, 0.1) is 11.3 Å². The van der Waals surface area contributed by atoms with Crippen molar-refractivity contribution in [2.75, 3.05) is 19.6 Å². The number of oxazole rings is 1. The van der Waals surface area contributed by atoms with Gasteiger partial charge in [-0.15, -0.1) is 0 Å². The van der Waals surface area contributed by atoms with E-state index in [2.05, 4.69) is 20.3 Å². The van der Waals surface area contributed by atoms with Crippen LogP contribution >= 0.6 is 0 Å². The molecule has 1 aliphatic carbocycles. The lowest BCUT2D eigenvalue weighted by Gasteiger charge is -2.18. The number of imidazole rings is 1. The monoisotopic (exact) mass is 394 g/mol. The summed E-state index contributed by atoms with van der Waals surface area (Å²) < 4.78 is 7.19. The minimum Gasteiger partial charge on any atom is -0.436 e. The van der Waals surface area contributed by atoms with E-state index in [1.165, 1.54) is 0 Å². The summed E-state index contributed by atoms with van der Waals surface area (Å²) in [6, 6.07) is 0. The Kier molecular flexibility index (Phi) is 4.11. The van der Waals surface area contributed by atoms with E-state index in [9.17, 15) is 9.59 Å². The fraction of sp³-hybridized carbons (Fsp3) is 0.450. The minimum absolute atomic E-state index is 0.0650. The Bertz CT molecular complexity index is 1090. The number of aryl methyl sites for hydroxylation is 2. The predicted molar refractivity (Wildman–Crippen MR) is 102 cm³/mol. The molecule has 0 bridgehead atoms. The first kappa shape index (κ1) is 17.8. The number of fused-ring (bicyclic) bond motifs is 2. The van der Waals surface area contributed by atoms with E-state index >= 15 is 0 Å². The van der Waals surface area contributed by atoms with Gasteiger partial charge in [-0.3, -0.25) is 14.0 Å². The van der Waals surface area contributed by atoms with Crippen LogP contribution in [0.3, 0.4) is 0 Å². The molecule has 2 atom stereocenters. The molecule has 4 heterocycles. The highest BCUT2D eigenvalue weighted by atomic mass is 16.4. The molecule has 1 saturated heterocycles. The summed E-state index contributed by atoms with van der Waals surface area (Å²) in [6.07, 6.45) is 7.60. The molecule has 1 N–H and O–H groups in total. The maximum Gasteiger partial charge on any atom is 0.291 e. The van der Waals surface area contributed by atoms with Crippen LogP contribution in [-0.2, 0) is 0 Å². The number of likely N-dealkylation sites (tertiary alicyclic amines) is 1. The number of carbonyl (C=O) groups is 2. The minimum atomic E-state index is -0.133. The van der Waals surface area contributed by atoms with E-state index in [4.69, 9.17) is 4.42 Å². The van der Waals surface area contributed by atoms with E-state index in [0.717, 1.165) is 19.5 Å². The van der Waals surface area contributed by atoms with Crippen molar-refractivity contribution in [3.63, 3.8) is 0 Å². The number of hydrogen-bond donors (Lipinski definition) is 1. The van der Waals surface area contributed by atoms with Gasteiger partial charge in [-0.05, 0) is 31.1 Å². The summed E-state index contributed by atoms with van der Waals surface area (Å²) >= 11 is 0. The molecule has 2 unspecified atom stereocenters. The smallest absolute Gasteiger partial charge is 0.291 e. The van der Waals surface area contributed by atoms with Gasteiger partial charge in [-0.25, -0.2) is 15.0 Å². The molecule has 0 spiro atoms. The summed E-state index contributed by atoms with van der Waals surface area (Å²) in [7, 11) is 0. The van der Waals surface area contributed by atoms with Crippen molar-refractivity contribution in [1.82, 2.24) is 29.6 Å². The summed E-state index contributed by atoms with van der Waals surface area (Å²) in [6.45, 7) is 5.67. The average molecular weight is 394 g/mol. The third-order valence-corrected chi connectivity index (χ3v) is 6.03. The zero-order valence-corrected chi connectivity index (χ0v) is 16.3. The zero-order chi connectivity index (χ0) is 20.1. The molecule has 2 aliphatic rings. The number of rotatable bonds is 5. The lowest BCUT2D eigenvalue weighted by molar-refractivity contribution is 0.0733. The van der Waals surface area contributed by atoms with Crippen LogP contribution in [0.25, 0.3) is 5.78 Å². The van der Waals surface area contributed by atoms with Crippen LogP contribution in [-0.4, -0.2) is 55.7 Å². The quantitative estimate of drug-likeness (QED) is 0.703. The lowest BCUT2D eigenvalue weighted by atomic mass is 10.2. The van der Waals surface area contributed by atoms with Crippen LogP contribution in [0.4, 0.5) is 0 Å². The van der Waals surface area contributed by atoms with Gasteiger partial charge < -0.3 is 14.6 Å². The van der Waals surface area contributed by atoms with Crippen LogP contribution in [0.1, 0.15) is 38.9 Å². The Labute approximate surface area is 167 Å². The summed E-state index contributed by atoms with van der Waals surface area (Å²) in [5.74, 6) is 2.85. The van der Waals surface area contributed by atoms with Gasteiger partial charge in [-0.1, -0.05) is 0 Å². The first-order valence-corrected chi connectivity index (χ1v) is 9.81. The van der Waals surface area contributed by atoms with Crippen LogP contribution < -0.4 is 5.32 Å². The molecule has 0 radical (unpaired) electrons. The van der Waals surface area contributed by atoms with Crippen molar-refractivity contribution in [2.45, 2.75) is 20.3 Å². The Morgan fingerprint density at radius 2 is 2.03 bits per heavy atom. The van der Waals surface area contributed by atoms with Crippen LogP contribution in [0.15, 0.2) is 29.2 Å². The molecule has 3 aromatic heterocycles. The number of piperidine rings is 1. The van der Waals surface area contributed by atoms with Gasteiger partial charge in [-0.2, -0.15) is 0 Å². The number of nitrogens with zero attached hydrogens (tertiary/aromatic N) is 5. The van der Waals surface area contributed by atoms with Gasteiger partial charge in [0.15, 0.2) is 5.89 Å². The number of amides is 2. The van der Waals surface area contributed by atoms with Crippen molar-refractivity contribution < 1.29 is 14.0 Å². The first-order chi connectivity index (χ1) is 14.0. The molecule has 1 saturated carbocycles. The average Bonchev–Trinajstić information content (AvgIpc) is 3.14. The topological polar surface area (TPSA) is 106 Å². The molecule has 3 aromatic rings. The summed E-state index contributed by atoms with van der Waals surface area (Å²) in [4.78, 5) is 39.2. The van der Waals surface area contributed by atoms with Crippen molar-refractivity contribution in [3.8, 4) is 0 Å². The molecular weight excluding hydrogens is 372 g/mol. The van der Waals surface area contributed by atoms with Crippen LogP contribution in [0, 0.1) is 31.6 Å². The van der Waals surface area contributed by atoms with Gasteiger partial charge in [0.1, 0.15) is 0 Å². The SMILES string of the molecule is Cc1nc(C)c(C(=O)N2CC3C(CCNC(=O)c4cnc5nccn5c4)C3C2)o1. The number of nitrogens with one attached hydrogen (secondary N) is 1. The maximum atomic E-state index is 12.6. The lowest BCUT2D eigenvalue weighted by Crippen LogP contribution is -2.32. The molecular formula is C20H22N6O3. The van der Waals surface area contributed by atoms with Gasteiger partial charge in [0.2, 0.25) is 11.5 Å². The molecule has 2 fully saturated rings. The number of hydrogen-bond acceptors (Lipinski definition) is 6. The normalized spacial score (nSPS) is 22.7. The Morgan fingerprint density at radius 1 is 1.24 bits per heavy atom. The van der Waals surface area contributed by atoms with E-state index < -0.39 is 0 Å². The first-order valence-electron chi connectivity index (χ1n) is 9.81. The number of carbonyl (C=O) groups excluding carboxylic acids is 2. The summed E-state index contributed by atoms with van der Waals surface area (Å²) in [5, 5.41) is 2.97. The summed E-state index contributed by atoms with van der Waals surface area (Å²) in [5.41, 5.74) is 1.16. The zero-order valence-electron chi connectivity index (χ0n) is 16.3. The number of aromatic nitrogens is 4. The highest BCUT2D eigenvalue weighted by Crippen LogP contribution is 2.53. The van der Waals surface area contributed by atoms with Crippen molar-refractivity contribution in [2.24, 2.45) is 17.8 Å². The second-order valence-corrected chi connectivity index (χ2v) is 7.87. The molecule has 150 valence electrons. The fourth-order valence-electron chi connectivity index (χ4n) is 4.50. The molecule has 2 amide bonds. The molecule has 5 rings (SSSR count). The Balaban J connectivity index is 1.10. The van der Waals surface area contributed by atoms with E-state index in [0.29, 0.717) is 53.0 Å². The molecule has 0 aromatic carbocycles. The van der Waals surface area contributed by atoms with Crippen molar-refractivity contribution in [3.05, 3.63) is 47.7 Å². The molecule has 9 heteroatoms. The molecule has 9 nitrogen and oxygen atoms in total. The Morgan fingerprint density at radius 3 is 2.76 bits per heavy atom. The van der Waals surface area contributed by atoms with E-state index in [1.807, 2.05) is 4.90 Å². The van der Waals surface area contributed by atoms with E-state index in [-0.39, 0.29) is 11.8 Å². The van der Waals surface area contributed by atoms with Crippen molar-refractivity contribution >= 4 is 17.6 Å². The van der Waals surface area contributed by atoms with E-state index in [1.54, 1.807) is 43.0 Å². The van der Waals surface area contributed by atoms with Crippen molar-refractivity contribution in [1.29, 1.82) is 0 Å².